The molecule has 2 bridgehead atoms. The molecule has 23 heavy (non-hydrogen) atoms. The molecular weight excluding hydrogens is 312 g/mol. The van der Waals surface area contributed by atoms with Crippen LogP contribution in [-0.2, 0) is 4.79 Å². The predicted octanol–water partition coefficient (Wildman–Crippen LogP) is 2.62. The molecule has 5 heteroatoms. The fourth-order valence-electron chi connectivity index (χ4n) is 5.02. The lowest BCUT2D eigenvalue weighted by molar-refractivity contribution is -0.129. The summed E-state index contributed by atoms with van der Waals surface area (Å²) in [6.07, 6.45) is 9.45. The molecule has 3 fully saturated rings. The number of hydrogen-bond acceptors (Lipinski definition) is 3. The van der Waals surface area contributed by atoms with Gasteiger partial charge >= 0.3 is 0 Å². The van der Waals surface area contributed by atoms with Crippen molar-refractivity contribution in [2.75, 3.05) is 6.54 Å². The highest BCUT2D eigenvalue weighted by Gasteiger charge is 2.41. The normalized spacial score (nSPS) is 43.3. The van der Waals surface area contributed by atoms with E-state index in [4.69, 9.17) is 5.73 Å². The number of nitrogens with one attached hydrogen (secondary N) is 1. The number of halogens is 1. The minimum absolute atomic E-state index is 0. The Balaban J connectivity index is 0.00000192. The Hall–Kier alpha value is -0.320. The molecule has 4 unspecified atom stereocenters. The molecule has 3 aliphatic rings. The van der Waals surface area contributed by atoms with E-state index in [2.05, 4.69) is 12.2 Å². The van der Waals surface area contributed by atoms with Gasteiger partial charge in [-0.05, 0) is 50.4 Å². The van der Waals surface area contributed by atoms with Gasteiger partial charge in [0.2, 0.25) is 5.91 Å². The van der Waals surface area contributed by atoms with E-state index in [0.717, 1.165) is 38.5 Å². The first kappa shape index (κ1) is 19.0. The molecule has 3 rings (SSSR count). The summed E-state index contributed by atoms with van der Waals surface area (Å²) < 4.78 is 0. The second kappa shape index (κ2) is 7.71. The maximum absolute atomic E-state index is 12.6. The van der Waals surface area contributed by atoms with Crippen LogP contribution in [0.3, 0.4) is 0 Å². The summed E-state index contributed by atoms with van der Waals surface area (Å²) >= 11 is 0. The molecule has 0 aromatic rings. The van der Waals surface area contributed by atoms with Crippen LogP contribution in [0.1, 0.15) is 64.7 Å². The Morgan fingerprint density at radius 1 is 1.17 bits per heavy atom. The predicted molar refractivity (Wildman–Crippen MR) is 94.4 cm³/mol. The molecule has 0 heterocycles. The molecule has 3 aliphatic carbocycles. The molecule has 0 aromatic carbocycles. The topological polar surface area (TPSA) is 75.4 Å². The summed E-state index contributed by atoms with van der Waals surface area (Å²) in [6.45, 7) is 2.73. The van der Waals surface area contributed by atoms with Crippen molar-refractivity contribution in [2.45, 2.75) is 76.9 Å². The summed E-state index contributed by atoms with van der Waals surface area (Å²) in [6, 6.07) is 0.315. The molecule has 0 aliphatic heterocycles. The molecule has 0 radical (unpaired) electrons. The monoisotopic (exact) mass is 344 g/mol. The fourth-order valence-corrected chi connectivity index (χ4v) is 5.02. The Bertz CT molecular complexity index is 406. The molecule has 0 aromatic heterocycles. The van der Waals surface area contributed by atoms with Crippen molar-refractivity contribution >= 4 is 18.3 Å². The maximum Gasteiger partial charge on any atom is 0.223 e. The molecule has 134 valence electrons. The molecule has 0 spiro atoms. The van der Waals surface area contributed by atoms with E-state index < -0.39 is 0 Å². The van der Waals surface area contributed by atoms with Crippen molar-refractivity contribution in [3.63, 3.8) is 0 Å². The number of hydrogen-bond donors (Lipinski definition) is 3. The lowest BCUT2D eigenvalue weighted by Gasteiger charge is -2.44. The van der Waals surface area contributed by atoms with Crippen LogP contribution in [0.5, 0.6) is 0 Å². The average Bonchev–Trinajstić information content (AvgIpc) is 2.48. The summed E-state index contributed by atoms with van der Waals surface area (Å²) in [5.41, 5.74) is 6.17. The van der Waals surface area contributed by atoms with Gasteiger partial charge in [0, 0.05) is 23.9 Å². The van der Waals surface area contributed by atoms with E-state index in [0.29, 0.717) is 24.4 Å². The van der Waals surface area contributed by atoms with Crippen LogP contribution in [0.2, 0.25) is 0 Å². The van der Waals surface area contributed by atoms with Crippen LogP contribution in [0.25, 0.3) is 0 Å². The number of carbonyl (C=O) groups is 1. The lowest BCUT2D eigenvalue weighted by Crippen LogP contribution is -2.51. The third-order valence-electron chi connectivity index (χ3n) is 6.73. The zero-order chi connectivity index (χ0) is 15.7. The SMILES string of the molecule is CC1(CNC(=O)C2CC3CCCC(C2)C3N)CCCCC1O.Cl. The van der Waals surface area contributed by atoms with Crippen LogP contribution in [0.4, 0.5) is 0 Å². The lowest BCUT2D eigenvalue weighted by atomic mass is 9.65. The van der Waals surface area contributed by atoms with E-state index in [1.807, 2.05) is 0 Å². The van der Waals surface area contributed by atoms with Gasteiger partial charge in [-0.25, -0.2) is 0 Å². The first-order valence-electron chi connectivity index (χ1n) is 9.21. The number of amides is 1. The van der Waals surface area contributed by atoms with E-state index in [9.17, 15) is 9.90 Å². The minimum atomic E-state index is -0.277. The van der Waals surface area contributed by atoms with E-state index in [-0.39, 0.29) is 35.8 Å². The van der Waals surface area contributed by atoms with Crippen molar-refractivity contribution in [3.8, 4) is 0 Å². The summed E-state index contributed by atoms with van der Waals surface area (Å²) in [5.74, 6) is 1.42. The fraction of sp³-hybridized carbons (Fsp3) is 0.944. The van der Waals surface area contributed by atoms with E-state index in [1.165, 1.54) is 19.3 Å². The van der Waals surface area contributed by atoms with Crippen LogP contribution >= 0.6 is 12.4 Å². The average molecular weight is 345 g/mol. The number of aliphatic hydroxyl groups is 1. The molecular formula is C18H33ClN2O2. The van der Waals surface area contributed by atoms with Gasteiger partial charge in [-0.3, -0.25) is 4.79 Å². The quantitative estimate of drug-likeness (QED) is 0.736. The van der Waals surface area contributed by atoms with Crippen LogP contribution in [-0.4, -0.2) is 29.7 Å². The third kappa shape index (κ3) is 4.02. The van der Waals surface area contributed by atoms with Crippen molar-refractivity contribution in [2.24, 2.45) is 28.9 Å². The third-order valence-corrected chi connectivity index (χ3v) is 6.73. The Labute approximate surface area is 146 Å². The summed E-state index contributed by atoms with van der Waals surface area (Å²) in [5, 5.41) is 13.4. The van der Waals surface area contributed by atoms with Gasteiger partial charge in [0.05, 0.1) is 6.10 Å². The highest BCUT2D eigenvalue weighted by Crippen LogP contribution is 2.42. The number of fused-ring (bicyclic) bond motifs is 2. The Morgan fingerprint density at radius 3 is 2.43 bits per heavy atom. The largest absolute Gasteiger partial charge is 0.392 e. The second-order valence-corrected chi connectivity index (χ2v) is 8.33. The van der Waals surface area contributed by atoms with Crippen molar-refractivity contribution in [1.29, 1.82) is 0 Å². The zero-order valence-electron chi connectivity index (χ0n) is 14.3. The first-order chi connectivity index (χ1) is 10.5. The van der Waals surface area contributed by atoms with Gasteiger partial charge < -0.3 is 16.2 Å². The standard InChI is InChI=1S/C18H32N2O2.ClH/c1-18(8-3-2-7-15(18)21)11-20-17(22)14-9-12-5-4-6-13(10-14)16(12)19;/h12-16,21H,2-11,19H2,1H3,(H,20,22);1H. The second-order valence-electron chi connectivity index (χ2n) is 8.33. The molecule has 4 nitrogen and oxygen atoms in total. The van der Waals surface area contributed by atoms with Crippen molar-refractivity contribution in [3.05, 3.63) is 0 Å². The van der Waals surface area contributed by atoms with Crippen molar-refractivity contribution in [1.82, 2.24) is 5.32 Å². The van der Waals surface area contributed by atoms with E-state index in [1.54, 1.807) is 0 Å². The molecule has 1 amide bonds. The highest BCUT2D eigenvalue weighted by atomic mass is 35.5. The van der Waals surface area contributed by atoms with Gasteiger partial charge in [0.15, 0.2) is 0 Å². The number of carbonyl (C=O) groups excluding carboxylic acids is 1. The molecule has 3 saturated carbocycles. The highest BCUT2D eigenvalue weighted by molar-refractivity contribution is 5.85. The minimum Gasteiger partial charge on any atom is -0.392 e. The summed E-state index contributed by atoms with van der Waals surface area (Å²) in [7, 11) is 0. The maximum atomic E-state index is 12.6. The van der Waals surface area contributed by atoms with Gasteiger partial charge in [-0.2, -0.15) is 0 Å². The summed E-state index contributed by atoms with van der Waals surface area (Å²) in [4.78, 5) is 12.6. The van der Waals surface area contributed by atoms with Gasteiger partial charge in [-0.1, -0.05) is 26.2 Å². The molecule has 4 atom stereocenters. The van der Waals surface area contributed by atoms with Crippen molar-refractivity contribution < 1.29 is 9.90 Å². The Kier molecular flexibility index (Phi) is 6.37. The Morgan fingerprint density at radius 2 is 1.83 bits per heavy atom. The smallest absolute Gasteiger partial charge is 0.223 e. The van der Waals surface area contributed by atoms with E-state index >= 15 is 0 Å². The van der Waals surface area contributed by atoms with Gasteiger partial charge in [0.1, 0.15) is 0 Å². The van der Waals surface area contributed by atoms with Crippen LogP contribution < -0.4 is 11.1 Å². The number of rotatable bonds is 3. The zero-order valence-corrected chi connectivity index (χ0v) is 15.1. The van der Waals surface area contributed by atoms with Gasteiger partial charge in [0.25, 0.3) is 0 Å². The van der Waals surface area contributed by atoms with Crippen LogP contribution in [0.15, 0.2) is 0 Å². The van der Waals surface area contributed by atoms with Gasteiger partial charge in [-0.15, -0.1) is 12.4 Å². The number of aliphatic hydroxyl groups excluding tert-OH is 1. The molecule has 0 saturated heterocycles. The first-order valence-corrected chi connectivity index (χ1v) is 9.21. The number of nitrogens with two attached hydrogens (primary N) is 1. The van der Waals surface area contributed by atoms with Crippen LogP contribution in [0, 0.1) is 23.2 Å². The molecule has 4 N–H and O–H groups in total.